The van der Waals surface area contributed by atoms with Crippen LogP contribution in [0.4, 0.5) is 5.69 Å². The highest BCUT2D eigenvalue weighted by Gasteiger charge is 2.12. The van der Waals surface area contributed by atoms with Crippen LogP contribution in [-0.4, -0.2) is 7.05 Å². The summed E-state index contributed by atoms with van der Waals surface area (Å²) in [6.07, 6.45) is 5.26. The highest BCUT2D eigenvalue weighted by atomic mass is 15.1. The van der Waals surface area contributed by atoms with E-state index in [1.807, 2.05) is 12.1 Å². The van der Waals surface area contributed by atoms with Gasteiger partial charge >= 0.3 is 0 Å². The predicted octanol–water partition coefficient (Wildman–Crippen LogP) is 2.47. The van der Waals surface area contributed by atoms with E-state index < -0.39 is 0 Å². The Kier molecular flexibility index (Phi) is 1.65. The molecule has 0 unspecified atom stereocenters. The fourth-order valence-corrected chi connectivity index (χ4v) is 1.36. The van der Waals surface area contributed by atoms with Crippen molar-refractivity contribution in [2.75, 3.05) is 11.9 Å². The number of hydrogen-bond acceptors (Lipinski definition) is 1. The highest BCUT2D eigenvalue weighted by molar-refractivity contribution is 5.64. The standard InChI is InChI=1S/C11H11N/c1-9-7-8-10-5-3-4-6-11(10)12(9)2/h3-7H,1-2H3. The van der Waals surface area contributed by atoms with E-state index in [1.165, 1.54) is 16.9 Å². The quantitative estimate of drug-likeness (QED) is 0.559. The molecule has 1 heterocycles. The van der Waals surface area contributed by atoms with Gasteiger partial charge in [-0.2, -0.15) is 0 Å². The predicted molar refractivity (Wildman–Crippen MR) is 50.9 cm³/mol. The second-order valence-electron chi connectivity index (χ2n) is 3.01. The lowest BCUT2D eigenvalue weighted by Gasteiger charge is -2.26. The summed E-state index contributed by atoms with van der Waals surface area (Å²) in [4.78, 5) is 2.17. The number of nitrogens with zero attached hydrogens (tertiary/aromatic N) is 1. The second-order valence-corrected chi connectivity index (χ2v) is 3.01. The minimum atomic E-state index is 1.17. The zero-order chi connectivity index (χ0) is 8.55. The van der Waals surface area contributed by atoms with E-state index in [1.54, 1.807) is 0 Å². The molecule has 60 valence electrons. The maximum Gasteiger partial charge on any atom is 0.0462 e. The van der Waals surface area contributed by atoms with Crippen LogP contribution in [0.15, 0.2) is 36.0 Å². The Labute approximate surface area is 73.3 Å². The van der Waals surface area contributed by atoms with E-state index in [0.29, 0.717) is 0 Å². The molecule has 0 saturated carbocycles. The molecule has 12 heavy (non-hydrogen) atoms. The zero-order valence-corrected chi connectivity index (χ0v) is 7.33. The molecule has 0 amide bonds. The molecule has 1 nitrogen and oxygen atoms in total. The molecule has 0 saturated heterocycles. The molecule has 0 aliphatic carbocycles. The van der Waals surface area contributed by atoms with Gasteiger partial charge in [-0.15, -0.1) is 0 Å². The van der Waals surface area contributed by atoms with Crippen molar-refractivity contribution in [3.8, 4) is 0 Å². The van der Waals surface area contributed by atoms with Gasteiger partial charge in [0.2, 0.25) is 0 Å². The van der Waals surface area contributed by atoms with Gasteiger partial charge in [-0.1, -0.05) is 24.3 Å². The number of benzene rings is 1. The molecule has 2 rings (SSSR count). The topological polar surface area (TPSA) is 3.24 Å². The average molecular weight is 157 g/mol. The summed E-state index contributed by atoms with van der Waals surface area (Å²) in [5, 5.41) is 0. The number of fused-ring (bicyclic) bond motifs is 1. The molecule has 1 aromatic carbocycles. The van der Waals surface area contributed by atoms with Gasteiger partial charge in [0.25, 0.3) is 0 Å². The summed E-state index contributed by atoms with van der Waals surface area (Å²) in [5.41, 5.74) is 3.64. The van der Waals surface area contributed by atoms with Crippen LogP contribution in [0.3, 0.4) is 0 Å². The van der Waals surface area contributed by atoms with Gasteiger partial charge in [-0.05, 0) is 18.6 Å². The van der Waals surface area contributed by atoms with Gasteiger partial charge in [0, 0.05) is 24.9 Å². The Hall–Kier alpha value is -1.24. The average Bonchev–Trinajstić information content (AvgIpc) is 2.12. The molecule has 0 fully saturated rings. The van der Waals surface area contributed by atoms with E-state index in [4.69, 9.17) is 0 Å². The van der Waals surface area contributed by atoms with E-state index >= 15 is 0 Å². The summed E-state index contributed by atoms with van der Waals surface area (Å²) in [5.74, 6) is 0. The molecule has 1 aliphatic rings. The van der Waals surface area contributed by atoms with Crippen molar-refractivity contribution in [2.24, 2.45) is 0 Å². The van der Waals surface area contributed by atoms with Crippen LogP contribution in [0, 0.1) is 6.42 Å². The smallest absolute Gasteiger partial charge is 0.0462 e. The Morgan fingerprint density at radius 1 is 1.25 bits per heavy atom. The molecule has 0 N–H and O–H groups in total. The number of allylic oxidation sites excluding steroid dienone is 2. The molecule has 0 spiro atoms. The Morgan fingerprint density at radius 2 is 2.00 bits per heavy atom. The van der Waals surface area contributed by atoms with Crippen molar-refractivity contribution < 1.29 is 0 Å². The third-order valence-corrected chi connectivity index (χ3v) is 2.23. The fourth-order valence-electron chi connectivity index (χ4n) is 1.36. The third-order valence-electron chi connectivity index (χ3n) is 2.23. The number of hydrogen-bond donors (Lipinski definition) is 0. The first-order valence-corrected chi connectivity index (χ1v) is 4.05. The Bertz CT molecular complexity index is 326. The monoisotopic (exact) mass is 157 g/mol. The van der Waals surface area contributed by atoms with Crippen molar-refractivity contribution >= 4 is 5.69 Å². The van der Waals surface area contributed by atoms with Crippen molar-refractivity contribution in [1.29, 1.82) is 0 Å². The summed E-state index contributed by atoms with van der Waals surface area (Å²) in [7, 11) is 2.07. The van der Waals surface area contributed by atoms with Gasteiger partial charge in [0.1, 0.15) is 0 Å². The summed E-state index contributed by atoms with van der Waals surface area (Å²) in [6, 6.07) is 8.28. The first kappa shape index (κ1) is 7.41. The van der Waals surface area contributed by atoms with Crippen molar-refractivity contribution in [1.82, 2.24) is 0 Å². The van der Waals surface area contributed by atoms with Gasteiger partial charge in [-0.3, -0.25) is 0 Å². The van der Waals surface area contributed by atoms with Crippen LogP contribution in [0.25, 0.3) is 0 Å². The molecule has 0 bridgehead atoms. The lowest BCUT2D eigenvalue weighted by atomic mass is 10.0. The first-order valence-electron chi connectivity index (χ1n) is 4.05. The maximum atomic E-state index is 3.24. The van der Waals surface area contributed by atoms with Crippen molar-refractivity contribution in [3.63, 3.8) is 0 Å². The fraction of sp³-hybridized carbons (Fsp3) is 0.182. The molecular weight excluding hydrogens is 146 g/mol. The van der Waals surface area contributed by atoms with Crippen LogP contribution >= 0.6 is 0 Å². The van der Waals surface area contributed by atoms with E-state index in [-0.39, 0.29) is 0 Å². The van der Waals surface area contributed by atoms with E-state index in [0.717, 1.165) is 0 Å². The number of rotatable bonds is 0. The van der Waals surface area contributed by atoms with Gasteiger partial charge in [-0.25, -0.2) is 0 Å². The molecule has 0 atom stereocenters. The van der Waals surface area contributed by atoms with Crippen LogP contribution < -0.4 is 4.90 Å². The summed E-state index contributed by atoms with van der Waals surface area (Å²) >= 11 is 0. The second kappa shape index (κ2) is 2.67. The third kappa shape index (κ3) is 1.02. The normalized spacial score (nSPS) is 15.5. The molecule has 1 aromatic rings. The number of para-hydroxylation sites is 1. The van der Waals surface area contributed by atoms with Gasteiger partial charge in [0.15, 0.2) is 0 Å². The molecule has 1 heteroatoms. The summed E-state index contributed by atoms with van der Waals surface area (Å²) < 4.78 is 0. The van der Waals surface area contributed by atoms with Crippen LogP contribution in [0.1, 0.15) is 12.5 Å². The Balaban J connectivity index is 2.49. The van der Waals surface area contributed by atoms with Crippen LogP contribution in [0.5, 0.6) is 0 Å². The Morgan fingerprint density at radius 3 is 2.83 bits per heavy atom. The van der Waals surface area contributed by atoms with Crippen molar-refractivity contribution in [2.45, 2.75) is 6.92 Å². The lowest BCUT2D eigenvalue weighted by molar-refractivity contribution is 1.06. The SMILES string of the molecule is CC1=C[C]c2ccccc2N1C. The highest BCUT2D eigenvalue weighted by Crippen LogP contribution is 2.28. The van der Waals surface area contributed by atoms with Gasteiger partial charge in [0.05, 0.1) is 0 Å². The van der Waals surface area contributed by atoms with E-state index in [9.17, 15) is 0 Å². The van der Waals surface area contributed by atoms with Crippen molar-refractivity contribution in [3.05, 3.63) is 48.0 Å². The van der Waals surface area contributed by atoms with Gasteiger partial charge < -0.3 is 4.90 Å². The molecule has 0 aromatic heterocycles. The molecule has 1 aliphatic heterocycles. The maximum absolute atomic E-state index is 3.24. The number of anilines is 1. The molecule has 2 radical (unpaired) electrons. The lowest BCUT2D eigenvalue weighted by Crippen LogP contribution is -2.18. The van der Waals surface area contributed by atoms with E-state index in [2.05, 4.69) is 43.5 Å². The molecular formula is C11H11N. The van der Waals surface area contributed by atoms with Crippen LogP contribution in [0.2, 0.25) is 0 Å². The minimum absolute atomic E-state index is 1.17. The largest absolute Gasteiger partial charge is 0.349 e. The summed E-state index contributed by atoms with van der Waals surface area (Å²) in [6.45, 7) is 2.09. The first-order chi connectivity index (χ1) is 5.79. The van der Waals surface area contributed by atoms with Crippen LogP contribution in [-0.2, 0) is 0 Å². The minimum Gasteiger partial charge on any atom is -0.349 e. The zero-order valence-electron chi connectivity index (χ0n) is 7.33.